The summed E-state index contributed by atoms with van der Waals surface area (Å²) in [7, 11) is 1.65. The fourth-order valence-corrected chi connectivity index (χ4v) is 4.70. The summed E-state index contributed by atoms with van der Waals surface area (Å²) in [6.45, 7) is 0.325. The minimum Gasteiger partial charge on any atom is -0.497 e. The number of nitrogens with one attached hydrogen (secondary N) is 1. The second-order valence-electron chi connectivity index (χ2n) is 9.22. The average Bonchev–Trinajstić information content (AvgIpc) is 3.45. The van der Waals surface area contributed by atoms with Crippen molar-refractivity contribution in [1.29, 1.82) is 0 Å². The quantitative estimate of drug-likeness (QED) is 0.188. The molecule has 8 nitrogen and oxygen atoms in total. The van der Waals surface area contributed by atoms with E-state index in [0.29, 0.717) is 6.61 Å². The maximum Gasteiger partial charge on any atom is 0.134 e. The topological polar surface area (TPSA) is 86.5 Å². The molecule has 0 radical (unpaired) electrons. The fraction of sp³-hybridized carbons (Fsp3) is 0.200. The van der Waals surface area contributed by atoms with E-state index in [9.17, 15) is 0 Å². The van der Waals surface area contributed by atoms with Crippen LogP contribution in [0.3, 0.4) is 0 Å². The van der Waals surface area contributed by atoms with Gasteiger partial charge in [0.05, 0.1) is 36.4 Å². The van der Waals surface area contributed by atoms with Gasteiger partial charge in [0, 0.05) is 11.1 Å². The number of benzene rings is 3. The molecule has 0 amide bonds. The van der Waals surface area contributed by atoms with Crippen LogP contribution in [0.5, 0.6) is 11.5 Å². The molecule has 1 aliphatic carbocycles. The van der Waals surface area contributed by atoms with Gasteiger partial charge in [-0.25, -0.2) is 4.68 Å². The monoisotopic (exact) mass is 540 g/mol. The lowest BCUT2D eigenvalue weighted by molar-refractivity contribution is 0.301. The molecule has 0 spiro atoms. The first-order valence-electron chi connectivity index (χ1n) is 12.7. The summed E-state index contributed by atoms with van der Waals surface area (Å²) in [5.41, 5.74) is 10.5. The molecule has 0 aliphatic heterocycles. The number of hydrogen-bond acceptors (Lipinski definition) is 7. The molecule has 0 saturated carbocycles. The third-order valence-electron chi connectivity index (χ3n) is 6.70. The number of rotatable bonds is 8. The van der Waals surface area contributed by atoms with Gasteiger partial charge in [-0.2, -0.15) is 5.10 Å². The van der Waals surface area contributed by atoms with Gasteiger partial charge in [-0.1, -0.05) is 23.4 Å². The highest BCUT2D eigenvalue weighted by atomic mass is 35.5. The van der Waals surface area contributed by atoms with E-state index < -0.39 is 0 Å². The molecule has 0 saturated heterocycles. The Morgan fingerprint density at radius 1 is 0.949 bits per heavy atom. The lowest BCUT2D eigenvalue weighted by atomic mass is 9.93. The molecule has 0 bridgehead atoms. The first-order valence-corrected chi connectivity index (χ1v) is 12.7. The molecule has 0 atom stereocenters. The van der Waals surface area contributed by atoms with Crippen LogP contribution in [-0.2, 0) is 19.4 Å². The highest BCUT2D eigenvalue weighted by Crippen LogP contribution is 2.33. The Balaban J connectivity index is 0.00000308. The van der Waals surface area contributed by atoms with Crippen LogP contribution in [0.15, 0.2) is 84.1 Å². The van der Waals surface area contributed by atoms with E-state index in [0.717, 1.165) is 57.9 Å². The van der Waals surface area contributed by atoms with Gasteiger partial charge in [-0.05, 0) is 91.4 Å². The number of ether oxygens (including phenoxy) is 2. The van der Waals surface area contributed by atoms with E-state index in [2.05, 4.69) is 33.0 Å². The summed E-state index contributed by atoms with van der Waals surface area (Å²) in [6, 6.07) is 23.7. The number of methoxy groups -OCH3 is 1. The summed E-state index contributed by atoms with van der Waals surface area (Å²) in [6.07, 6.45) is 8.12. The Kier molecular flexibility index (Phi) is 8.03. The van der Waals surface area contributed by atoms with Crippen molar-refractivity contribution >= 4 is 35.2 Å². The lowest BCUT2D eigenvalue weighted by Crippen LogP contribution is -2.09. The standard InChI is InChI=1S/C30H28N6O2.ClH/c1-37-24-16-12-23(13-17-24)36-19-22(33-35-36)20-38-25-14-10-21(11-15-25)18-31-34-30-26-6-2-4-8-28(26)32-29-9-5-3-7-27(29)30;/h2,4,6,8,10-19H,3,5,7,9,20H2,1H3,(H,32,34);1H/b31-18+;. The minimum absolute atomic E-state index is 0. The van der Waals surface area contributed by atoms with Gasteiger partial charge in [0.1, 0.15) is 23.8 Å². The summed E-state index contributed by atoms with van der Waals surface area (Å²) < 4.78 is 12.8. The number of halogens is 1. The molecule has 1 N–H and O–H groups in total. The van der Waals surface area contributed by atoms with Gasteiger partial charge in [0.25, 0.3) is 0 Å². The Labute approximate surface area is 233 Å². The third-order valence-corrected chi connectivity index (χ3v) is 6.70. The second kappa shape index (κ2) is 12.0. The predicted molar refractivity (Wildman–Crippen MR) is 156 cm³/mol. The van der Waals surface area contributed by atoms with Crippen LogP contribution in [0.1, 0.15) is 35.4 Å². The van der Waals surface area contributed by atoms with Crippen LogP contribution in [0, 0.1) is 0 Å². The summed E-state index contributed by atoms with van der Waals surface area (Å²) in [5, 5.41) is 14.1. The summed E-state index contributed by atoms with van der Waals surface area (Å²) in [5.74, 6) is 1.55. The molecule has 9 heteroatoms. The molecule has 198 valence electrons. The molecular weight excluding hydrogens is 512 g/mol. The summed E-state index contributed by atoms with van der Waals surface area (Å²) in [4.78, 5) is 4.89. The van der Waals surface area contributed by atoms with Gasteiger partial charge >= 0.3 is 0 Å². The SMILES string of the molecule is COc1ccc(-n2cc(COc3ccc(/C=N/Nc4c5c(nc6ccccc46)CCCC5)cc3)nn2)cc1.Cl. The number of hydrazone groups is 1. The van der Waals surface area contributed by atoms with Crippen molar-refractivity contribution in [2.75, 3.05) is 12.5 Å². The minimum atomic E-state index is 0. The van der Waals surface area contributed by atoms with Gasteiger partial charge in [0.2, 0.25) is 0 Å². The molecule has 0 fully saturated rings. The van der Waals surface area contributed by atoms with Crippen molar-refractivity contribution in [2.24, 2.45) is 5.10 Å². The van der Waals surface area contributed by atoms with Crippen LogP contribution in [0.4, 0.5) is 5.69 Å². The zero-order valence-electron chi connectivity index (χ0n) is 21.6. The zero-order chi connectivity index (χ0) is 25.7. The first-order chi connectivity index (χ1) is 18.8. The van der Waals surface area contributed by atoms with E-state index in [1.807, 2.05) is 73.1 Å². The smallest absolute Gasteiger partial charge is 0.134 e. The molecule has 2 aromatic heterocycles. The van der Waals surface area contributed by atoms with Crippen molar-refractivity contribution in [2.45, 2.75) is 32.3 Å². The lowest BCUT2D eigenvalue weighted by Gasteiger charge is -2.20. The number of aromatic nitrogens is 4. The molecule has 6 rings (SSSR count). The van der Waals surface area contributed by atoms with Gasteiger partial charge in [0.15, 0.2) is 0 Å². The molecular formula is C30H29ClN6O2. The number of aryl methyl sites for hydroxylation is 1. The van der Waals surface area contributed by atoms with Crippen LogP contribution in [0.25, 0.3) is 16.6 Å². The first kappa shape index (κ1) is 26.2. The van der Waals surface area contributed by atoms with E-state index in [-0.39, 0.29) is 12.4 Å². The number of nitrogens with zero attached hydrogens (tertiary/aromatic N) is 5. The van der Waals surface area contributed by atoms with E-state index >= 15 is 0 Å². The normalized spacial score (nSPS) is 12.6. The van der Waals surface area contributed by atoms with E-state index in [1.165, 1.54) is 24.1 Å². The van der Waals surface area contributed by atoms with Gasteiger partial charge < -0.3 is 9.47 Å². The fourth-order valence-electron chi connectivity index (χ4n) is 4.70. The van der Waals surface area contributed by atoms with Crippen LogP contribution < -0.4 is 14.9 Å². The largest absolute Gasteiger partial charge is 0.497 e. The number of hydrogen-bond donors (Lipinski definition) is 1. The molecule has 5 aromatic rings. The number of para-hydroxylation sites is 1. The second-order valence-corrected chi connectivity index (χ2v) is 9.22. The molecule has 2 heterocycles. The maximum atomic E-state index is 5.91. The van der Waals surface area contributed by atoms with Crippen molar-refractivity contribution < 1.29 is 9.47 Å². The number of pyridine rings is 1. The highest BCUT2D eigenvalue weighted by molar-refractivity contribution is 5.94. The van der Waals surface area contributed by atoms with Gasteiger partial charge in [-0.15, -0.1) is 17.5 Å². The van der Waals surface area contributed by atoms with Crippen LogP contribution in [0.2, 0.25) is 0 Å². The zero-order valence-corrected chi connectivity index (χ0v) is 22.4. The van der Waals surface area contributed by atoms with Crippen molar-refractivity contribution in [3.63, 3.8) is 0 Å². The van der Waals surface area contributed by atoms with E-state index in [4.69, 9.17) is 14.5 Å². The van der Waals surface area contributed by atoms with E-state index in [1.54, 1.807) is 11.8 Å². The molecule has 3 aromatic carbocycles. The maximum absolute atomic E-state index is 5.91. The van der Waals surface area contributed by atoms with Crippen LogP contribution >= 0.6 is 12.4 Å². The van der Waals surface area contributed by atoms with Crippen molar-refractivity contribution in [3.05, 3.63) is 102 Å². The Hall–Kier alpha value is -4.43. The average molecular weight is 541 g/mol. The third kappa shape index (κ3) is 5.86. The Morgan fingerprint density at radius 2 is 1.72 bits per heavy atom. The molecule has 39 heavy (non-hydrogen) atoms. The number of fused-ring (bicyclic) bond motifs is 2. The summed E-state index contributed by atoms with van der Waals surface area (Å²) >= 11 is 0. The molecule has 1 aliphatic rings. The highest BCUT2D eigenvalue weighted by Gasteiger charge is 2.17. The number of anilines is 1. The van der Waals surface area contributed by atoms with Gasteiger partial charge in [-0.3, -0.25) is 10.4 Å². The predicted octanol–water partition coefficient (Wildman–Crippen LogP) is 6.15. The Morgan fingerprint density at radius 3 is 2.54 bits per heavy atom. The van der Waals surface area contributed by atoms with Crippen molar-refractivity contribution in [1.82, 2.24) is 20.0 Å². The van der Waals surface area contributed by atoms with Crippen molar-refractivity contribution in [3.8, 4) is 17.2 Å². The molecule has 0 unspecified atom stereocenters. The van der Waals surface area contributed by atoms with Crippen LogP contribution in [-0.4, -0.2) is 33.3 Å². The Bertz CT molecular complexity index is 1580.